The van der Waals surface area contributed by atoms with Crippen molar-refractivity contribution < 1.29 is 93.7 Å². The van der Waals surface area contributed by atoms with Crippen molar-refractivity contribution in [1.82, 2.24) is 0 Å². The molecule has 4 heterocycles. The first-order chi connectivity index (χ1) is 25.1. The van der Waals surface area contributed by atoms with Crippen LogP contribution in [0.5, 0.6) is 28.7 Å². The highest BCUT2D eigenvalue weighted by Gasteiger charge is 2.50. The van der Waals surface area contributed by atoms with Gasteiger partial charge in [-0.2, -0.15) is 0 Å². The summed E-state index contributed by atoms with van der Waals surface area (Å²) in [5.74, 6) is -2.46. The lowest BCUT2D eigenvalue weighted by Gasteiger charge is -2.45. The molecule has 3 saturated heterocycles. The third kappa shape index (κ3) is 7.47. The molecule has 0 radical (unpaired) electrons. The molecule has 3 aromatic rings. The number of aliphatic hydroxyl groups is 8. The maximum atomic E-state index is 13.8. The fraction of sp³-hybridized carbons (Fsp3) is 0.545. The molecule has 53 heavy (non-hydrogen) atoms. The van der Waals surface area contributed by atoms with Crippen molar-refractivity contribution in [3.05, 3.63) is 40.6 Å². The molecule has 1 aromatic heterocycles. The lowest BCUT2D eigenvalue weighted by molar-refractivity contribution is -0.351. The Morgan fingerprint density at radius 3 is 2.21 bits per heavy atom. The topological polar surface area (TPSA) is 317 Å². The highest BCUT2D eigenvalue weighted by molar-refractivity contribution is 5.88. The number of rotatable bonds is 9. The Morgan fingerprint density at radius 1 is 0.774 bits per heavy atom. The van der Waals surface area contributed by atoms with E-state index in [0.29, 0.717) is 0 Å². The van der Waals surface area contributed by atoms with E-state index in [-0.39, 0.29) is 28.4 Å². The molecule has 0 spiro atoms. The zero-order valence-corrected chi connectivity index (χ0v) is 28.0. The molecule has 0 unspecified atom stereocenters. The SMILES string of the molecule is COc1cc(-c2oc3cc(O)cc(O)c3c(=O)c2O[C@@H]2O[C@H](CO[C@@H]3O[C@@H](C)[C@H](O)[C@@H](O[C@@H]4OC[C@@H](O)[C@H](O)[C@H]4O)[C@@H]3O)[C@H](O)[C@H](O)[C@H]2O)ccc1O. The summed E-state index contributed by atoms with van der Waals surface area (Å²) >= 11 is 0. The van der Waals surface area contributed by atoms with E-state index in [1.54, 1.807) is 0 Å². The van der Waals surface area contributed by atoms with Gasteiger partial charge < -0.3 is 93.7 Å². The Kier molecular flexibility index (Phi) is 11.3. The van der Waals surface area contributed by atoms with E-state index >= 15 is 0 Å². The van der Waals surface area contributed by atoms with E-state index in [2.05, 4.69) is 0 Å². The Labute approximate surface area is 298 Å². The van der Waals surface area contributed by atoms with Crippen LogP contribution in [0.1, 0.15) is 6.92 Å². The fourth-order valence-corrected chi connectivity index (χ4v) is 6.19. The number of benzene rings is 2. The van der Waals surface area contributed by atoms with Gasteiger partial charge in [0, 0.05) is 17.7 Å². The average Bonchev–Trinajstić information content (AvgIpc) is 3.12. The number of hydrogen-bond acceptors (Lipinski definition) is 20. The zero-order valence-electron chi connectivity index (χ0n) is 28.0. The van der Waals surface area contributed by atoms with E-state index in [1.807, 2.05) is 0 Å². The van der Waals surface area contributed by atoms with Crippen LogP contribution in [0.25, 0.3) is 22.3 Å². The summed E-state index contributed by atoms with van der Waals surface area (Å²) in [6.45, 7) is 0.314. The van der Waals surface area contributed by atoms with E-state index < -0.39 is 127 Å². The van der Waals surface area contributed by atoms with Crippen LogP contribution in [0, 0.1) is 0 Å². The average molecular weight is 757 g/mol. The number of methoxy groups -OCH3 is 1. The van der Waals surface area contributed by atoms with Crippen molar-refractivity contribution in [2.45, 2.75) is 92.9 Å². The minimum absolute atomic E-state index is 0.0416. The van der Waals surface area contributed by atoms with Gasteiger partial charge in [-0.15, -0.1) is 0 Å². The number of fused-ring (bicyclic) bond motifs is 1. The fourth-order valence-electron chi connectivity index (χ4n) is 6.19. The molecule has 0 bridgehead atoms. The molecule has 20 heteroatoms. The highest BCUT2D eigenvalue weighted by Crippen LogP contribution is 2.40. The first-order valence-electron chi connectivity index (χ1n) is 16.3. The van der Waals surface area contributed by atoms with Crippen molar-refractivity contribution in [1.29, 1.82) is 0 Å². The van der Waals surface area contributed by atoms with E-state index in [1.165, 1.54) is 32.2 Å². The Hall–Kier alpha value is -3.87. The number of aliphatic hydroxyl groups excluding tert-OH is 8. The van der Waals surface area contributed by atoms with Gasteiger partial charge in [0.25, 0.3) is 0 Å². The minimum Gasteiger partial charge on any atom is -0.508 e. The van der Waals surface area contributed by atoms with Gasteiger partial charge in [-0.05, 0) is 25.1 Å². The predicted octanol–water partition coefficient (Wildman–Crippen LogP) is -2.92. The van der Waals surface area contributed by atoms with Crippen molar-refractivity contribution in [3.63, 3.8) is 0 Å². The maximum Gasteiger partial charge on any atom is 0.239 e. The van der Waals surface area contributed by atoms with Crippen LogP contribution in [0.2, 0.25) is 0 Å². The summed E-state index contributed by atoms with van der Waals surface area (Å²) in [5.41, 5.74) is -1.21. The quantitative estimate of drug-likeness (QED) is 0.104. The number of ether oxygens (including phenoxy) is 7. The molecule has 0 saturated carbocycles. The van der Waals surface area contributed by atoms with E-state index in [0.717, 1.165) is 12.1 Å². The normalized spacial score (nSPS) is 36.3. The van der Waals surface area contributed by atoms with Gasteiger partial charge in [-0.3, -0.25) is 4.79 Å². The molecular formula is C33H40O20. The molecule has 20 nitrogen and oxygen atoms in total. The van der Waals surface area contributed by atoms with Crippen LogP contribution >= 0.6 is 0 Å². The standard InChI is InChI=1S/C33H40O20/c1-10-20(38)29(52-31-25(43)21(39)15(37)8-47-31)27(45)32(49-10)48-9-18-22(40)24(42)26(44)33(51-18)53-30-23(41)19-14(36)6-12(34)7-17(19)50-28(30)11-3-4-13(35)16(5-11)46-2/h3-7,10,15,18,20-22,24-27,29,31-40,42-45H,8-9H2,1-2H3/t10-,15+,18+,20-,21-,22-,24-,25+,26+,27-,29+,31-,32+,33-/m0/s1. The molecule has 6 rings (SSSR count). The van der Waals surface area contributed by atoms with Crippen molar-refractivity contribution in [2.75, 3.05) is 20.3 Å². The molecule has 2 aromatic carbocycles. The number of aromatic hydroxyl groups is 3. The van der Waals surface area contributed by atoms with Crippen LogP contribution in [-0.4, -0.2) is 163 Å². The monoisotopic (exact) mass is 756 g/mol. The summed E-state index contributed by atoms with van der Waals surface area (Å²) in [6, 6.07) is 5.75. The number of phenols is 3. The Balaban J connectivity index is 1.24. The summed E-state index contributed by atoms with van der Waals surface area (Å²) in [6.07, 6.45) is -23.2. The van der Waals surface area contributed by atoms with Gasteiger partial charge in [0.15, 0.2) is 29.8 Å². The Morgan fingerprint density at radius 2 is 1.49 bits per heavy atom. The third-order valence-corrected chi connectivity index (χ3v) is 9.21. The number of phenolic OH excluding ortho intramolecular Hbond substituents is 3. The van der Waals surface area contributed by atoms with E-state index in [9.17, 15) is 61.0 Å². The molecule has 0 amide bonds. The molecule has 11 N–H and O–H groups in total. The van der Waals surface area contributed by atoms with Crippen molar-refractivity contribution in [2.24, 2.45) is 0 Å². The number of hydrogen-bond donors (Lipinski definition) is 11. The van der Waals surface area contributed by atoms with E-state index in [4.69, 9.17) is 37.6 Å². The molecule has 0 aliphatic carbocycles. The second-order valence-electron chi connectivity index (χ2n) is 12.8. The first-order valence-corrected chi connectivity index (χ1v) is 16.3. The van der Waals surface area contributed by atoms with Gasteiger partial charge in [0.1, 0.15) is 83.5 Å². The smallest absolute Gasteiger partial charge is 0.239 e. The molecule has 3 fully saturated rings. The van der Waals surface area contributed by atoms with Crippen LogP contribution in [0.15, 0.2) is 39.5 Å². The minimum atomic E-state index is -2.01. The van der Waals surface area contributed by atoms with Crippen LogP contribution in [-0.2, 0) is 23.7 Å². The van der Waals surface area contributed by atoms with Crippen molar-refractivity contribution >= 4 is 11.0 Å². The summed E-state index contributed by atoms with van der Waals surface area (Å²) in [7, 11) is 1.27. The molecule has 3 aliphatic heterocycles. The van der Waals surface area contributed by atoms with Crippen LogP contribution in [0.3, 0.4) is 0 Å². The van der Waals surface area contributed by atoms with Gasteiger partial charge >= 0.3 is 0 Å². The largest absolute Gasteiger partial charge is 0.508 e. The summed E-state index contributed by atoms with van der Waals surface area (Å²) in [5, 5.41) is 114. The second-order valence-corrected chi connectivity index (χ2v) is 12.8. The van der Waals surface area contributed by atoms with Crippen molar-refractivity contribution in [3.8, 4) is 40.1 Å². The lowest BCUT2D eigenvalue weighted by atomic mass is 9.98. The molecule has 3 aliphatic rings. The van der Waals surface area contributed by atoms with Gasteiger partial charge in [-0.25, -0.2) is 0 Å². The third-order valence-electron chi connectivity index (χ3n) is 9.21. The van der Waals surface area contributed by atoms with Gasteiger partial charge in [0.2, 0.25) is 17.5 Å². The highest BCUT2D eigenvalue weighted by atomic mass is 16.7. The first kappa shape index (κ1) is 38.8. The predicted molar refractivity (Wildman–Crippen MR) is 172 cm³/mol. The summed E-state index contributed by atoms with van der Waals surface area (Å²) in [4.78, 5) is 13.8. The molecule has 292 valence electrons. The maximum absolute atomic E-state index is 13.8. The zero-order chi connectivity index (χ0) is 38.5. The lowest BCUT2D eigenvalue weighted by Crippen LogP contribution is -2.63. The van der Waals surface area contributed by atoms with Crippen LogP contribution in [0.4, 0.5) is 0 Å². The van der Waals surface area contributed by atoms with Crippen LogP contribution < -0.4 is 14.9 Å². The molecular weight excluding hydrogens is 716 g/mol. The van der Waals surface area contributed by atoms with Gasteiger partial charge in [-0.1, -0.05) is 0 Å². The second kappa shape index (κ2) is 15.5. The Bertz CT molecular complexity index is 1820. The van der Waals surface area contributed by atoms with Gasteiger partial charge in [0.05, 0.1) is 26.4 Å². The molecule has 14 atom stereocenters. The summed E-state index contributed by atoms with van der Waals surface area (Å²) < 4.78 is 44.6.